The van der Waals surface area contributed by atoms with Crippen LogP contribution in [0, 0.1) is 0 Å². The molecular weight excluding hydrogens is 175 g/mol. The van der Waals surface area contributed by atoms with Gasteiger partial charge >= 0.3 is 43.7 Å². The molecule has 0 rings (SSSR count). The van der Waals surface area contributed by atoms with Crippen LogP contribution in [0.3, 0.4) is 0 Å². The van der Waals surface area contributed by atoms with E-state index in [1.807, 2.05) is 0 Å². The maximum absolute atomic E-state index is 8.40. The van der Waals surface area contributed by atoms with Crippen LogP contribution >= 0.6 is 0 Å². The largest absolute Gasteiger partial charge is 3.00 e. The van der Waals surface area contributed by atoms with Crippen LogP contribution in [0.5, 0.6) is 0 Å². The van der Waals surface area contributed by atoms with Gasteiger partial charge in [-0.05, 0) is 0 Å². The zero-order valence-electron chi connectivity index (χ0n) is 3.06. The molecule has 7 heavy (non-hydrogen) atoms. The summed E-state index contributed by atoms with van der Waals surface area (Å²) < 4.78 is 16.8. The molecule has 0 N–H and O–H groups in total. The third-order valence-corrected chi connectivity index (χ3v) is 0. The Morgan fingerprint density at radius 1 is 1.00 bits per heavy atom. The molecular formula is AlFeO4Si+. The Balaban J connectivity index is -0.00000000333. The summed E-state index contributed by atoms with van der Waals surface area (Å²) >= 11 is 0. The van der Waals surface area contributed by atoms with Gasteiger partial charge in [0.2, 0.25) is 0 Å². The summed E-state index contributed by atoms with van der Waals surface area (Å²) in [6.07, 6.45) is 0. The fourth-order valence-corrected chi connectivity index (χ4v) is 0. The van der Waals surface area contributed by atoms with Crippen molar-refractivity contribution in [1.29, 1.82) is 0 Å². The second-order valence-electron chi connectivity index (χ2n) is 0.0833. The first kappa shape index (κ1) is 46.2. The maximum atomic E-state index is 8.40. The van der Waals surface area contributed by atoms with Gasteiger partial charge in [0.1, 0.15) is 0 Å². The van der Waals surface area contributed by atoms with Gasteiger partial charge in [-0.1, -0.05) is 0 Å². The van der Waals surface area contributed by atoms with Gasteiger partial charge in [-0.2, -0.15) is 0 Å². The van der Waals surface area contributed by atoms with Crippen LogP contribution in [0.15, 0.2) is 0 Å². The van der Waals surface area contributed by atoms with E-state index < -0.39 is 9.29 Å². The molecule has 0 saturated carbocycles. The van der Waals surface area contributed by atoms with Gasteiger partial charge in [-0.3, -0.25) is 8.92 Å². The van der Waals surface area contributed by atoms with Crippen molar-refractivity contribution < 1.29 is 36.9 Å². The smallest absolute Gasteiger partial charge is 2.00 e. The van der Waals surface area contributed by atoms with Crippen molar-refractivity contribution in [3.05, 3.63) is 0 Å². The van der Waals surface area contributed by atoms with E-state index in [1.165, 1.54) is 0 Å². The summed E-state index contributed by atoms with van der Waals surface area (Å²) in [6.45, 7) is 0. The molecule has 0 atom stereocenters. The molecule has 0 aromatic heterocycles. The Labute approximate surface area is 63.8 Å². The SMILES string of the molecule is O=[Si]=O.[Al+3].[Fe+2].[O-2].[O-2]. The van der Waals surface area contributed by atoms with Gasteiger partial charge in [0, 0.05) is 0 Å². The fourth-order valence-electron chi connectivity index (χ4n) is 0. The molecule has 38 valence electrons. The Hall–Kier alpha value is 0.789. The van der Waals surface area contributed by atoms with Crippen LogP contribution in [-0.2, 0) is 36.9 Å². The maximum Gasteiger partial charge on any atom is 3.00 e. The first-order valence-corrected chi connectivity index (χ1v) is 1.22. The first-order chi connectivity index (χ1) is 1.41. The predicted octanol–water partition coefficient (Wildman–Crippen LogP) is -1.24. The van der Waals surface area contributed by atoms with E-state index in [2.05, 4.69) is 0 Å². The standard InChI is InChI=1S/Al.Fe.O2Si.2O/c;;1-3-2;;/q+3;+2;;2*-2. The van der Waals surface area contributed by atoms with Gasteiger partial charge in [0.05, 0.1) is 0 Å². The zero-order valence-corrected chi connectivity index (χ0v) is 6.32. The van der Waals surface area contributed by atoms with Crippen molar-refractivity contribution in [2.45, 2.75) is 0 Å². The van der Waals surface area contributed by atoms with E-state index in [4.69, 9.17) is 8.92 Å². The average Bonchev–Trinajstić information content (AvgIpc) is 0.918. The van der Waals surface area contributed by atoms with Crippen molar-refractivity contribution in [2.24, 2.45) is 0 Å². The van der Waals surface area contributed by atoms with Crippen molar-refractivity contribution >= 4 is 26.7 Å². The Bertz CT molecular complexity index is 32.7. The minimum absolute atomic E-state index is 0. The molecule has 4 nitrogen and oxygen atoms in total. The molecule has 0 radical (unpaired) electrons. The van der Waals surface area contributed by atoms with E-state index in [0.29, 0.717) is 0 Å². The third kappa shape index (κ3) is 250. The van der Waals surface area contributed by atoms with Crippen LogP contribution in [0.25, 0.3) is 0 Å². The van der Waals surface area contributed by atoms with Crippen LogP contribution in [0.2, 0.25) is 0 Å². The molecule has 0 bridgehead atoms. The summed E-state index contributed by atoms with van der Waals surface area (Å²) in [7, 11) is -1.42. The Morgan fingerprint density at radius 3 is 1.00 bits per heavy atom. The summed E-state index contributed by atoms with van der Waals surface area (Å²) in [5.41, 5.74) is 0. The summed E-state index contributed by atoms with van der Waals surface area (Å²) in [5.74, 6) is 0. The van der Waals surface area contributed by atoms with E-state index in [0.717, 1.165) is 0 Å². The average molecular weight is 175 g/mol. The zero-order chi connectivity index (χ0) is 2.71. The minimum atomic E-state index is -1.42. The monoisotopic (exact) mass is 175 g/mol. The van der Waals surface area contributed by atoms with E-state index in [-0.39, 0.29) is 45.4 Å². The second-order valence-corrected chi connectivity index (χ2v) is 0.250. The van der Waals surface area contributed by atoms with Crippen molar-refractivity contribution in [3.8, 4) is 0 Å². The fraction of sp³-hybridized carbons (Fsp3) is 0. The molecule has 0 amide bonds. The minimum Gasteiger partial charge on any atom is -2.00 e. The molecule has 0 aromatic rings. The quantitative estimate of drug-likeness (QED) is 0.430. The van der Waals surface area contributed by atoms with Gasteiger partial charge in [0.15, 0.2) is 0 Å². The van der Waals surface area contributed by atoms with Crippen LogP contribution in [0.1, 0.15) is 0 Å². The number of hydrogen-bond acceptors (Lipinski definition) is 2. The van der Waals surface area contributed by atoms with Crippen LogP contribution in [-0.4, -0.2) is 26.7 Å². The molecule has 0 aliphatic carbocycles. The van der Waals surface area contributed by atoms with Gasteiger partial charge in [-0.15, -0.1) is 0 Å². The Morgan fingerprint density at radius 2 is 1.00 bits per heavy atom. The van der Waals surface area contributed by atoms with Crippen LogP contribution in [0.4, 0.5) is 0 Å². The van der Waals surface area contributed by atoms with Crippen molar-refractivity contribution in [2.75, 3.05) is 0 Å². The summed E-state index contributed by atoms with van der Waals surface area (Å²) in [6, 6.07) is 0. The number of rotatable bonds is 0. The van der Waals surface area contributed by atoms with E-state index in [9.17, 15) is 0 Å². The van der Waals surface area contributed by atoms with Gasteiger partial charge in [-0.25, -0.2) is 0 Å². The third-order valence-electron chi connectivity index (χ3n) is 0. The topological polar surface area (TPSA) is 91.1 Å². The van der Waals surface area contributed by atoms with Gasteiger partial charge in [0.25, 0.3) is 0 Å². The van der Waals surface area contributed by atoms with E-state index in [1.54, 1.807) is 0 Å². The molecule has 7 heteroatoms. The summed E-state index contributed by atoms with van der Waals surface area (Å²) in [4.78, 5) is 0. The normalized spacial score (nSPS) is 1.14. The van der Waals surface area contributed by atoms with Gasteiger partial charge < -0.3 is 11.0 Å². The summed E-state index contributed by atoms with van der Waals surface area (Å²) in [5, 5.41) is 0. The molecule has 0 heterocycles. The molecule has 0 saturated heterocycles. The second kappa shape index (κ2) is 71.1. The molecule has 0 aliphatic heterocycles. The molecule has 0 aromatic carbocycles. The predicted molar refractivity (Wildman–Crippen MR) is 14.3 cm³/mol. The van der Waals surface area contributed by atoms with Crippen molar-refractivity contribution in [1.82, 2.24) is 0 Å². The van der Waals surface area contributed by atoms with Crippen molar-refractivity contribution in [3.63, 3.8) is 0 Å². The first-order valence-electron chi connectivity index (χ1n) is 0.408. The van der Waals surface area contributed by atoms with Crippen LogP contribution < -0.4 is 0 Å². The number of hydrogen-bond donors (Lipinski definition) is 0. The molecule has 0 unspecified atom stereocenters. The molecule has 0 fully saturated rings. The Kier molecular flexibility index (Phi) is 469. The molecule has 0 spiro atoms. The molecule has 0 aliphatic rings. The van der Waals surface area contributed by atoms with E-state index >= 15 is 0 Å².